The van der Waals surface area contributed by atoms with Crippen LogP contribution < -0.4 is 5.32 Å². The van der Waals surface area contributed by atoms with Gasteiger partial charge in [0, 0.05) is 29.8 Å². The summed E-state index contributed by atoms with van der Waals surface area (Å²) in [6.45, 7) is 2.47. The minimum atomic E-state index is 0.0650. The van der Waals surface area contributed by atoms with Gasteiger partial charge in [-0.3, -0.25) is 9.59 Å². The zero-order chi connectivity index (χ0) is 9.42. The number of hydrogen-bond donors (Lipinski definition) is 1. The lowest BCUT2D eigenvalue weighted by molar-refractivity contribution is -0.117. The summed E-state index contributed by atoms with van der Waals surface area (Å²) >= 11 is 0. The molecule has 0 atom stereocenters. The number of carbonyl (C=O) groups excluding carboxylic acids is 2. The van der Waals surface area contributed by atoms with Gasteiger partial charge in [0.1, 0.15) is 0 Å². The maximum absolute atomic E-state index is 11.5. The van der Waals surface area contributed by atoms with Crippen molar-refractivity contribution in [3.05, 3.63) is 22.9 Å². The van der Waals surface area contributed by atoms with Crippen LogP contribution in [0.1, 0.15) is 19.8 Å². The third-order valence-corrected chi connectivity index (χ3v) is 2.47. The van der Waals surface area contributed by atoms with Crippen LogP contribution in [-0.4, -0.2) is 18.1 Å². The Morgan fingerprint density at radius 2 is 2.08 bits per heavy atom. The molecular formula is C10H11NO2. The van der Waals surface area contributed by atoms with E-state index in [1.807, 2.05) is 0 Å². The summed E-state index contributed by atoms with van der Waals surface area (Å²) in [5.74, 6) is 0.169. The van der Waals surface area contributed by atoms with E-state index >= 15 is 0 Å². The van der Waals surface area contributed by atoms with Gasteiger partial charge in [0.2, 0.25) is 0 Å². The van der Waals surface area contributed by atoms with Crippen LogP contribution in [0.25, 0.3) is 0 Å². The molecule has 3 heteroatoms. The van der Waals surface area contributed by atoms with Crippen molar-refractivity contribution in [1.82, 2.24) is 5.32 Å². The van der Waals surface area contributed by atoms with Crippen LogP contribution in [-0.2, 0) is 9.59 Å². The molecule has 0 bridgehead atoms. The molecule has 68 valence electrons. The summed E-state index contributed by atoms with van der Waals surface area (Å²) in [6, 6.07) is 0. The number of Topliss-reactive ketones (excluding diaryl/α,β-unsaturated/α-hetero) is 2. The Kier molecular flexibility index (Phi) is 1.79. The van der Waals surface area contributed by atoms with Crippen molar-refractivity contribution in [2.45, 2.75) is 19.8 Å². The summed E-state index contributed by atoms with van der Waals surface area (Å²) < 4.78 is 0. The van der Waals surface area contributed by atoms with E-state index in [0.717, 1.165) is 5.70 Å². The second kappa shape index (κ2) is 2.83. The quantitative estimate of drug-likeness (QED) is 0.554. The molecule has 0 amide bonds. The summed E-state index contributed by atoms with van der Waals surface area (Å²) in [7, 11) is 0. The fourth-order valence-corrected chi connectivity index (χ4v) is 1.87. The number of hydrogen-bond acceptors (Lipinski definition) is 3. The SMILES string of the molecule is C/C=C1\C(=O)CC2=C1C(=O)CCN2. The number of rotatable bonds is 0. The van der Waals surface area contributed by atoms with Crippen LogP contribution in [0, 0.1) is 0 Å². The molecule has 3 nitrogen and oxygen atoms in total. The van der Waals surface area contributed by atoms with Gasteiger partial charge in [0.05, 0.1) is 6.42 Å². The van der Waals surface area contributed by atoms with Gasteiger partial charge in [-0.25, -0.2) is 0 Å². The van der Waals surface area contributed by atoms with E-state index in [0.29, 0.717) is 30.5 Å². The Morgan fingerprint density at radius 1 is 1.31 bits per heavy atom. The second-order valence-electron chi connectivity index (χ2n) is 3.26. The molecule has 0 aromatic carbocycles. The highest BCUT2D eigenvalue weighted by Gasteiger charge is 2.33. The molecule has 1 aliphatic heterocycles. The third-order valence-electron chi connectivity index (χ3n) is 2.47. The zero-order valence-corrected chi connectivity index (χ0v) is 7.52. The van der Waals surface area contributed by atoms with Crippen LogP contribution in [0.3, 0.4) is 0 Å². The lowest BCUT2D eigenvalue weighted by Gasteiger charge is -2.14. The first-order valence-electron chi connectivity index (χ1n) is 4.44. The molecule has 0 unspecified atom stereocenters. The number of allylic oxidation sites excluding steroid dienone is 4. The maximum atomic E-state index is 11.5. The van der Waals surface area contributed by atoms with Crippen LogP contribution in [0.4, 0.5) is 0 Å². The summed E-state index contributed by atoms with van der Waals surface area (Å²) in [6.07, 6.45) is 2.61. The normalized spacial score (nSPS) is 25.2. The van der Waals surface area contributed by atoms with E-state index < -0.39 is 0 Å². The van der Waals surface area contributed by atoms with E-state index in [1.54, 1.807) is 13.0 Å². The first-order chi connectivity index (χ1) is 6.24. The monoisotopic (exact) mass is 177 g/mol. The third kappa shape index (κ3) is 1.11. The average molecular weight is 177 g/mol. The van der Waals surface area contributed by atoms with Crippen molar-refractivity contribution in [2.24, 2.45) is 0 Å². The fourth-order valence-electron chi connectivity index (χ4n) is 1.87. The van der Waals surface area contributed by atoms with E-state index in [1.165, 1.54) is 0 Å². The Bertz CT molecular complexity index is 350. The molecular weight excluding hydrogens is 166 g/mol. The van der Waals surface area contributed by atoms with Gasteiger partial charge in [-0.15, -0.1) is 0 Å². The molecule has 0 aromatic rings. The van der Waals surface area contributed by atoms with Crippen molar-refractivity contribution >= 4 is 11.6 Å². The molecule has 2 aliphatic rings. The molecule has 13 heavy (non-hydrogen) atoms. The van der Waals surface area contributed by atoms with Crippen molar-refractivity contribution < 1.29 is 9.59 Å². The molecule has 0 fully saturated rings. The van der Waals surface area contributed by atoms with Crippen LogP contribution in [0.5, 0.6) is 0 Å². The highest BCUT2D eigenvalue weighted by molar-refractivity contribution is 6.17. The number of ketones is 2. The van der Waals surface area contributed by atoms with Crippen molar-refractivity contribution in [2.75, 3.05) is 6.54 Å². The number of carbonyl (C=O) groups is 2. The summed E-state index contributed by atoms with van der Waals surface area (Å²) in [5.41, 5.74) is 2.07. The highest BCUT2D eigenvalue weighted by atomic mass is 16.1. The van der Waals surface area contributed by atoms with Crippen LogP contribution >= 0.6 is 0 Å². The molecule has 2 rings (SSSR count). The van der Waals surface area contributed by atoms with Crippen molar-refractivity contribution in [1.29, 1.82) is 0 Å². The van der Waals surface area contributed by atoms with Crippen molar-refractivity contribution in [3.8, 4) is 0 Å². The van der Waals surface area contributed by atoms with Gasteiger partial charge in [-0.1, -0.05) is 6.08 Å². The predicted octanol–water partition coefficient (Wildman–Crippen LogP) is 0.722. The largest absolute Gasteiger partial charge is 0.387 e. The van der Waals surface area contributed by atoms with E-state index in [-0.39, 0.29) is 11.6 Å². The predicted molar refractivity (Wildman–Crippen MR) is 48.0 cm³/mol. The average Bonchev–Trinajstić information content (AvgIpc) is 2.42. The smallest absolute Gasteiger partial charge is 0.169 e. The molecule has 0 spiro atoms. The van der Waals surface area contributed by atoms with Crippen LogP contribution in [0.2, 0.25) is 0 Å². The molecule has 1 N–H and O–H groups in total. The van der Waals surface area contributed by atoms with Crippen molar-refractivity contribution in [3.63, 3.8) is 0 Å². The second-order valence-corrected chi connectivity index (χ2v) is 3.26. The molecule has 0 saturated carbocycles. The van der Waals surface area contributed by atoms with Gasteiger partial charge in [0.25, 0.3) is 0 Å². The maximum Gasteiger partial charge on any atom is 0.169 e. The van der Waals surface area contributed by atoms with Gasteiger partial charge in [-0.05, 0) is 6.92 Å². The lowest BCUT2D eigenvalue weighted by Crippen LogP contribution is -2.25. The molecule has 0 saturated heterocycles. The van der Waals surface area contributed by atoms with Gasteiger partial charge in [-0.2, -0.15) is 0 Å². The van der Waals surface area contributed by atoms with E-state index in [9.17, 15) is 9.59 Å². The lowest BCUT2D eigenvalue weighted by atomic mass is 9.99. The summed E-state index contributed by atoms with van der Waals surface area (Å²) in [4.78, 5) is 22.9. The standard InChI is InChI=1S/C10H11NO2/c1-2-6-9(13)5-7-10(6)8(12)3-4-11-7/h2,11H,3-5H2,1H3/b6-2+. The fraction of sp³-hybridized carbons (Fsp3) is 0.400. The Morgan fingerprint density at radius 3 is 2.77 bits per heavy atom. The molecule has 0 radical (unpaired) electrons. The molecule has 0 aromatic heterocycles. The topological polar surface area (TPSA) is 46.2 Å². The zero-order valence-electron chi connectivity index (χ0n) is 7.52. The minimum absolute atomic E-state index is 0.0650. The first kappa shape index (κ1) is 8.23. The van der Waals surface area contributed by atoms with E-state index in [2.05, 4.69) is 5.32 Å². The first-order valence-corrected chi connectivity index (χ1v) is 4.44. The Balaban J connectivity index is 2.49. The minimum Gasteiger partial charge on any atom is -0.387 e. The van der Waals surface area contributed by atoms with Crippen LogP contribution in [0.15, 0.2) is 22.9 Å². The summed E-state index contributed by atoms with van der Waals surface area (Å²) in [5, 5.41) is 3.10. The van der Waals surface area contributed by atoms with Gasteiger partial charge < -0.3 is 5.32 Å². The number of nitrogens with one attached hydrogen (secondary N) is 1. The highest BCUT2D eigenvalue weighted by Crippen LogP contribution is 2.30. The van der Waals surface area contributed by atoms with Gasteiger partial charge in [0.15, 0.2) is 11.6 Å². The Labute approximate surface area is 76.5 Å². The molecule has 1 aliphatic carbocycles. The molecule has 1 heterocycles. The van der Waals surface area contributed by atoms with Gasteiger partial charge >= 0.3 is 0 Å². The van der Waals surface area contributed by atoms with E-state index in [4.69, 9.17) is 0 Å². The Hall–Kier alpha value is -1.38.